The van der Waals surface area contributed by atoms with E-state index in [0.717, 1.165) is 5.56 Å². The quantitative estimate of drug-likeness (QED) is 0.677. The van der Waals surface area contributed by atoms with Gasteiger partial charge in [-0.1, -0.05) is 30.3 Å². The van der Waals surface area contributed by atoms with Gasteiger partial charge in [-0.2, -0.15) is 0 Å². The first-order valence-electron chi connectivity index (χ1n) is 8.98. The molecule has 1 aromatic heterocycles. The Morgan fingerprint density at radius 3 is 2.46 bits per heavy atom. The number of aromatic nitrogens is 1. The van der Waals surface area contributed by atoms with Crippen LogP contribution in [0.1, 0.15) is 41.5 Å². The summed E-state index contributed by atoms with van der Waals surface area (Å²) in [4.78, 5) is 29.5. The summed E-state index contributed by atoms with van der Waals surface area (Å²) in [6, 6.07) is 14.4. The maximum absolute atomic E-state index is 13.0. The average molecular weight is 380 g/mol. The van der Waals surface area contributed by atoms with Gasteiger partial charge in [0.15, 0.2) is 6.10 Å². The molecule has 2 atom stereocenters. The predicted octanol–water partition coefficient (Wildman–Crippen LogP) is 4.11. The van der Waals surface area contributed by atoms with Gasteiger partial charge in [-0.05, 0) is 50.6 Å². The second-order valence-corrected chi connectivity index (χ2v) is 6.66. The summed E-state index contributed by atoms with van der Waals surface area (Å²) >= 11 is 0. The van der Waals surface area contributed by atoms with E-state index in [2.05, 4.69) is 10.3 Å². The minimum absolute atomic E-state index is 0.343. The largest absolute Gasteiger partial charge is 0.449 e. The van der Waals surface area contributed by atoms with E-state index in [9.17, 15) is 14.0 Å². The summed E-state index contributed by atoms with van der Waals surface area (Å²) in [7, 11) is 0. The number of esters is 1. The number of rotatable bonds is 5. The van der Waals surface area contributed by atoms with E-state index in [4.69, 9.17) is 4.74 Å². The fourth-order valence-electron chi connectivity index (χ4n) is 2.92. The van der Waals surface area contributed by atoms with Crippen molar-refractivity contribution in [3.63, 3.8) is 0 Å². The van der Waals surface area contributed by atoms with Crippen molar-refractivity contribution in [2.45, 2.75) is 32.9 Å². The van der Waals surface area contributed by atoms with Crippen molar-refractivity contribution in [2.75, 3.05) is 0 Å². The van der Waals surface area contributed by atoms with Gasteiger partial charge >= 0.3 is 5.97 Å². The van der Waals surface area contributed by atoms with Crippen LogP contribution in [0.4, 0.5) is 4.39 Å². The highest BCUT2D eigenvalue weighted by atomic mass is 19.1. The van der Waals surface area contributed by atoms with Crippen molar-refractivity contribution >= 4 is 22.8 Å². The van der Waals surface area contributed by atoms with Crippen LogP contribution < -0.4 is 5.32 Å². The molecule has 0 aliphatic rings. The lowest BCUT2D eigenvalue weighted by atomic mass is 10.1. The smallest absolute Gasteiger partial charge is 0.339 e. The number of amides is 1. The Labute approximate surface area is 162 Å². The van der Waals surface area contributed by atoms with Gasteiger partial charge in [0.25, 0.3) is 5.91 Å². The fourth-order valence-corrected chi connectivity index (χ4v) is 2.92. The molecule has 0 saturated carbocycles. The fraction of sp³-hybridized carbons (Fsp3) is 0.227. The lowest BCUT2D eigenvalue weighted by Gasteiger charge is -2.18. The zero-order valence-corrected chi connectivity index (χ0v) is 15.9. The molecule has 5 nitrogen and oxygen atoms in total. The number of ether oxygens (including phenoxy) is 1. The summed E-state index contributed by atoms with van der Waals surface area (Å²) in [6.07, 6.45) is -0.984. The minimum atomic E-state index is -0.984. The van der Waals surface area contributed by atoms with E-state index < -0.39 is 18.0 Å². The molecule has 0 spiro atoms. The molecule has 0 aliphatic heterocycles. The number of fused-ring (bicyclic) bond motifs is 1. The molecule has 1 heterocycles. The zero-order chi connectivity index (χ0) is 20.3. The number of para-hydroxylation sites is 1. The Kier molecular flexibility index (Phi) is 5.68. The first-order chi connectivity index (χ1) is 13.3. The number of nitrogens with zero attached hydrogens (tertiary/aromatic N) is 1. The van der Waals surface area contributed by atoms with Gasteiger partial charge in [0.2, 0.25) is 0 Å². The molecule has 28 heavy (non-hydrogen) atoms. The highest BCUT2D eigenvalue weighted by Crippen LogP contribution is 2.20. The summed E-state index contributed by atoms with van der Waals surface area (Å²) in [6.45, 7) is 5.09. The first kappa shape index (κ1) is 19.5. The summed E-state index contributed by atoms with van der Waals surface area (Å²) in [5.41, 5.74) is 2.50. The van der Waals surface area contributed by atoms with E-state index in [-0.39, 0.29) is 11.9 Å². The highest BCUT2D eigenvalue weighted by molar-refractivity contribution is 6.04. The van der Waals surface area contributed by atoms with E-state index in [0.29, 0.717) is 22.2 Å². The number of halogens is 1. The van der Waals surface area contributed by atoms with Crippen LogP contribution in [0.15, 0.2) is 54.6 Å². The monoisotopic (exact) mass is 380 g/mol. The Morgan fingerprint density at radius 2 is 1.75 bits per heavy atom. The standard InChI is InChI=1S/C22H21FN2O3/c1-13-12-19(18-6-4-5-7-20(18)24-13)22(27)28-15(3)21(26)25-14(2)16-8-10-17(23)11-9-16/h4-12,14-15H,1-3H3,(H,25,26)/t14-,15+/m0/s1. The number of aryl methyl sites for hydroxylation is 1. The molecule has 2 aromatic carbocycles. The molecule has 0 bridgehead atoms. The zero-order valence-electron chi connectivity index (χ0n) is 15.9. The highest BCUT2D eigenvalue weighted by Gasteiger charge is 2.22. The van der Waals surface area contributed by atoms with Crippen molar-refractivity contribution in [1.82, 2.24) is 10.3 Å². The van der Waals surface area contributed by atoms with Crippen molar-refractivity contribution in [2.24, 2.45) is 0 Å². The molecule has 1 amide bonds. The van der Waals surface area contributed by atoms with Crippen molar-refractivity contribution < 1.29 is 18.7 Å². The van der Waals surface area contributed by atoms with E-state index >= 15 is 0 Å². The molecular formula is C22H21FN2O3. The summed E-state index contributed by atoms with van der Waals surface area (Å²) < 4.78 is 18.4. The molecule has 3 aromatic rings. The molecule has 0 saturated heterocycles. The second kappa shape index (κ2) is 8.17. The van der Waals surface area contributed by atoms with Gasteiger partial charge in [-0.25, -0.2) is 9.18 Å². The maximum Gasteiger partial charge on any atom is 0.339 e. The molecule has 0 aliphatic carbocycles. The average Bonchev–Trinajstić information content (AvgIpc) is 2.67. The van der Waals surface area contributed by atoms with Crippen molar-refractivity contribution in [3.05, 3.63) is 77.2 Å². The van der Waals surface area contributed by atoms with E-state index in [1.165, 1.54) is 19.1 Å². The SMILES string of the molecule is Cc1cc(C(=O)O[C@H](C)C(=O)N[C@@H](C)c2ccc(F)cc2)c2ccccc2n1. The Bertz CT molecular complexity index is 1020. The Morgan fingerprint density at radius 1 is 1.07 bits per heavy atom. The van der Waals surface area contributed by atoms with Gasteiger partial charge in [-0.15, -0.1) is 0 Å². The molecule has 0 unspecified atom stereocenters. The number of hydrogen-bond acceptors (Lipinski definition) is 4. The second-order valence-electron chi connectivity index (χ2n) is 6.66. The number of nitrogens with one attached hydrogen (secondary N) is 1. The van der Waals surface area contributed by atoms with Crippen LogP contribution in [-0.4, -0.2) is 23.0 Å². The number of carbonyl (C=O) groups is 2. The molecular weight excluding hydrogens is 359 g/mol. The minimum Gasteiger partial charge on any atom is -0.449 e. The van der Waals surface area contributed by atoms with Gasteiger partial charge in [0, 0.05) is 11.1 Å². The molecule has 3 rings (SSSR count). The molecule has 1 N–H and O–H groups in total. The molecule has 144 valence electrons. The van der Waals surface area contributed by atoms with Crippen LogP contribution in [0.2, 0.25) is 0 Å². The third kappa shape index (κ3) is 4.34. The topological polar surface area (TPSA) is 68.3 Å². The molecule has 0 fully saturated rings. The summed E-state index contributed by atoms with van der Waals surface area (Å²) in [5.74, 6) is -1.36. The Balaban J connectivity index is 1.70. The number of pyridine rings is 1. The lowest BCUT2D eigenvalue weighted by molar-refractivity contribution is -0.129. The third-order valence-corrected chi connectivity index (χ3v) is 4.45. The maximum atomic E-state index is 13.0. The van der Waals surface area contributed by atoms with Gasteiger partial charge in [0.1, 0.15) is 5.82 Å². The first-order valence-corrected chi connectivity index (χ1v) is 8.98. The number of carbonyl (C=O) groups excluding carboxylic acids is 2. The van der Waals surface area contributed by atoms with E-state index in [1.54, 1.807) is 38.1 Å². The molecule has 0 radical (unpaired) electrons. The van der Waals surface area contributed by atoms with Crippen LogP contribution in [0.25, 0.3) is 10.9 Å². The van der Waals surface area contributed by atoms with Crippen LogP contribution in [0.5, 0.6) is 0 Å². The van der Waals surface area contributed by atoms with Crippen LogP contribution >= 0.6 is 0 Å². The van der Waals surface area contributed by atoms with Crippen LogP contribution in [0, 0.1) is 12.7 Å². The van der Waals surface area contributed by atoms with Gasteiger partial charge in [0.05, 0.1) is 17.1 Å². The summed E-state index contributed by atoms with van der Waals surface area (Å²) in [5, 5.41) is 3.44. The number of benzene rings is 2. The van der Waals surface area contributed by atoms with Gasteiger partial charge < -0.3 is 10.1 Å². The third-order valence-electron chi connectivity index (χ3n) is 4.45. The lowest BCUT2D eigenvalue weighted by Crippen LogP contribution is -2.37. The predicted molar refractivity (Wildman–Crippen MR) is 104 cm³/mol. The number of hydrogen-bond donors (Lipinski definition) is 1. The van der Waals surface area contributed by atoms with E-state index in [1.807, 2.05) is 18.2 Å². The van der Waals surface area contributed by atoms with Gasteiger partial charge in [-0.3, -0.25) is 9.78 Å². The van der Waals surface area contributed by atoms with Crippen LogP contribution in [0.3, 0.4) is 0 Å². The molecule has 6 heteroatoms. The van der Waals surface area contributed by atoms with Crippen molar-refractivity contribution in [3.8, 4) is 0 Å². The van der Waals surface area contributed by atoms with Crippen molar-refractivity contribution in [1.29, 1.82) is 0 Å². The van der Waals surface area contributed by atoms with Crippen LogP contribution in [-0.2, 0) is 9.53 Å². The normalized spacial score (nSPS) is 13.0. The Hall–Kier alpha value is -3.28.